The molecule has 23 heavy (non-hydrogen) atoms. The molecule has 2 fully saturated rings. The number of benzene rings is 1. The zero-order valence-electron chi connectivity index (χ0n) is 14.2. The number of para-hydroxylation sites is 2. The standard InChI is InChI=1S/C18H26N2O3/c1-18(2)13-19(17(21)14-8-11-23-12-14)9-10-20(18)15-6-4-5-7-16(15)22-3/h4-7,14H,8-13H2,1-3H3/t14-/m0/s1. The van der Waals surface area contributed by atoms with Crippen molar-refractivity contribution in [2.45, 2.75) is 25.8 Å². The van der Waals surface area contributed by atoms with Gasteiger partial charge in [0, 0.05) is 26.2 Å². The Labute approximate surface area is 138 Å². The van der Waals surface area contributed by atoms with Crippen molar-refractivity contribution in [3.63, 3.8) is 0 Å². The molecule has 2 saturated heterocycles. The third kappa shape index (κ3) is 3.15. The summed E-state index contributed by atoms with van der Waals surface area (Å²) in [4.78, 5) is 17.0. The molecule has 2 aliphatic heterocycles. The van der Waals surface area contributed by atoms with Crippen LogP contribution in [0.2, 0.25) is 0 Å². The summed E-state index contributed by atoms with van der Waals surface area (Å²) in [5.41, 5.74) is 0.957. The summed E-state index contributed by atoms with van der Waals surface area (Å²) in [5.74, 6) is 1.17. The largest absolute Gasteiger partial charge is 0.495 e. The fourth-order valence-corrected chi connectivity index (χ4v) is 3.63. The number of hydrogen-bond donors (Lipinski definition) is 0. The van der Waals surface area contributed by atoms with Crippen molar-refractivity contribution >= 4 is 11.6 Å². The van der Waals surface area contributed by atoms with E-state index in [1.807, 2.05) is 23.1 Å². The van der Waals surface area contributed by atoms with E-state index < -0.39 is 0 Å². The van der Waals surface area contributed by atoms with Crippen LogP contribution < -0.4 is 9.64 Å². The molecule has 5 nitrogen and oxygen atoms in total. The van der Waals surface area contributed by atoms with Crippen molar-refractivity contribution in [1.82, 2.24) is 4.90 Å². The molecule has 0 aromatic heterocycles. The van der Waals surface area contributed by atoms with E-state index in [9.17, 15) is 4.79 Å². The van der Waals surface area contributed by atoms with Gasteiger partial charge >= 0.3 is 0 Å². The molecule has 1 amide bonds. The van der Waals surface area contributed by atoms with Crippen molar-refractivity contribution in [2.24, 2.45) is 5.92 Å². The van der Waals surface area contributed by atoms with Gasteiger partial charge in [0.1, 0.15) is 5.75 Å². The van der Waals surface area contributed by atoms with Gasteiger partial charge in [0.2, 0.25) is 5.91 Å². The molecule has 1 aromatic rings. The Morgan fingerprint density at radius 2 is 2.09 bits per heavy atom. The number of carbonyl (C=O) groups excluding carboxylic acids is 1. The van der Waals surface area contributed by atoms with Gasteiger partial charge in [-0.1, -0.05) is 12.1 Å². The van der Waals surface area contributed by atoms with E-state index in [4.69, 9.17) is 9.47 Å². The summed E-state index contributed by atoms with van der Waals surface area (Å²) in [6.45, 7) is 7.94. The quantitative estimate of drug-likeness (QED) is 0.856. The van der Waals surface area contributed by atoms with Crippen molar-refractivity contribution in [1.29, 1.82) is 0 Å². The first-order valence-electron chi connectivity index (χ1n) is 8.30. The average molecular weight is 318 g/mol. The Morgan fingerprint density at radius 1 is 1.30 bits per heavy atom. The molecule has 1 aromatic carbocycles. The van der Waals surface area contributed by atoms with Gasteiger partial charge < -0.3 is 19.3 Å². The van der Waals surface area contributed by atoms with E-state index in [-0.39, 0.29) is 17.4 Å². The van der Waals surface area contributed by atoms with Crippen LogP contribution >= 0.6 is 0 Å². The summed E-state index contributed by atoms with van der Waals surface area (Å²) in [6.07, 6.45) is 0.853. The lowest BCUT2D eigenvalue weighted by Crippen LogP contribution is -2.61. The lowest BCUT2D eigenvalue weighted by atomic mass is 9.96. The highest BCUT2D eigenvalue weighted by Gasteiger charge is 2.39. The van der Waals surface area contributed by atoms with Crippen LogP contribution in [-0.4, -0.2) is 56.3 Å². The van der Waals surface area contributed by atoms with Crippen LogP contribution in [0.1, 0.15) is 20.3 Å². The van der Waals surface area contributed by atoms with Crippen LogP contribution in [-0.2, 0) is 9.53 Å². The minimum Gasteiger partial charge on any atom is -0.495 e. The first kappa shape index (κ1) is 16.1. The average Bonchev–Trinajstić information content (AvgIpc) is 3.07. The summed E-state index contributed by atoms with van der Waals surface area (Å²) >= 11 is 0. The van der Waals surface area contributed by atoms with Crippen LogP contribution in [0.4, 0.5) is 5.69 Å². The van der Waals surface area contributed by atoms with Crippen molar-refractivity contribution in [2.75, 3.05) is 44.9 Å². The summed E-state index contributed by atoms with van der Waals surface area (Å²) in [7, 11) is 1.70. The third-order valence-corrected chi connectivity index (χ3v) is 4.87. The Balaban J connectivity index is 1.76. The van der Waals surface area contributed by atoms with Crippen LogP contribution in [0.25, 0.3) is 0 Å². The number of hydrogen-bond acceptors (Lipinski definition) is 4. The van der Waals surface area contributed by atoms with Crippen molar-refractivity contribution in [3.8, 4) is 5.75 Å². The molecule has 0 spiro atoms. The first-order chi connectivity index (χ1) is 11.0. The number of rotatable bonds is 3. The van der Waals surface area contributed by atoms with Gasteiger partial charge in [-0.05, 0) is 32.4 Å². The Bertz CT molecular complexity index is 567. The Kier molecular flexibility index (Phi) is 4.48. The molecular formula is C18H26N2O3. The highest BCUT2D eigenvalue weighted by atomic mass is 16.5. The lowest BCUT2D eigenvalue weighted by Gasteiger charge is -2.49. The fraction of sp³-hybridized carbons (Fsp3) is 0.611. The van der Waals surface area contributed by atoms with Crippen LogP contribution in [0, 0.1) is 5.92 Å². The Hall–Kier alpha value is -1.75. The minimum atomic E-state index is -0.137. The first-order valence-corrected chi connectivity index (χ1v) is 8.30. The Morgan fingerprint density at radius 3 is 2.74 bits per heavy atom. The van der Waals surface area contributed by atoms with E-state index >= 15 is 0 Å². The van der Waals surface area contributed by atoms with E-state index in [1.165, 1.54) is 0 Å². The van der Waals surface area contributed by atoms with Crippen LogP contribution in [0.15, 0.2) is 24.3 Å². The molecule has 0 bridgehead atoms. The molecule has 0 aliphatic carbocycles. The third-order valence-electron chi connectivity index (χ3n) is 4.87. The molecule has 126 valence electrons. The predicted octanol–water partition coefficient (Wildman–Crippen LogP) is 2.16. The molecule has 0 saturated carbocycles. The SMILES string of the molecule is COc1ccccc1N1CCN(C(=O)[C@H]2CCOC2)CC1(C)C. The van der Waals surface area contributed by atoms with Gasteiger partial charge in [-0.2, -0.15) is 0 Å². The lowest BCUT2D eigenvalue weighted by molar-refractivity contribution is -0.137. The minimum absolute atomic E-state index is 0.0450. The van der Waals surface area contributed by atoms with Gasteiger partial charge in [-0.15, -0.1) is 0 Å². The highest BCUT2D eigenvalue weighted by molar-refractivity contribution is 5.80. The second-order valence-corrected chi connectivity index (χ2v) is 6.96. The molecule has 0 N–H and O–H groups in total. The fourth-order valence-electron chi connectivity index (χ4n) is 3.63. The number of nitrogens with zero attached hydrogens (tertiary/aromatic N) is 2. The molecule has 5 heteroatoms. The summed E-state index contributed by atoms with van der Waals surface area (Å²) in [5, 5.41) is 0. The van der Waals surface area contributed by atoms with E-state index in [2.05, 4.69) is 24.8 Å². The van der Waals surface area contributed by atoms with E-state index in [1.54, 1.807) is 7.11 Å². The molecule has 2 heterocycles. The molecule has 0 unspecified atom stereocenters. The maximum absolute atomic E-state index is 12.7. The zero-order valence-corrected chi connectivity index (χ0v) is 14.2. The predicted molar refractivity (Wildman–Crippen MR) is 89.9 cm³/mol. The zero-order chi connectivity index (χ0) is 16.4. The number of methoxy groups -OCH3 is 1. The number of piperazine rings is 1. The topological polar surface area (TPSA) is 42.0 Å². The monoisotopic (exact) mass is 318 g/mol. The van der Waals surface area contributed by atoms with Gasteiger partial charge in [0.25, 0.3) is 0 Å². The van der Waals surface area contributed by atoms with Crippen LogP contribution in [0.3, 0.4) is 0 Å². The second-order valence-electron chi connectivity index (χ2n) is 6.96. The smallest absolute Gasteiger partial charge is 0.228 e. The molecule has 1 atom stereocenters. The summed E-state index contributed by atoms with van der Waals surface area (Å²) in [6, 6.07) is 8.08. The number of carbonyl (C=O) groups is 1. The number of anilines is 1. The van der Waals surface area contributed by atoms with Gasteiger partial charge in [0.05, 0.1) is 30.9 Å². The van der Waals surface area contributed by atoms with Crippen LogP contribution in [0.5, 0.6) is 5.75 Å². The number of ether oxygens (including phenoxy) is 2. The maximum atomic E-state index is 12.7. The summed E-state index contributed by atoms with van der Waals surface area (Å²) < 4.78 is 10.9. The molecular weight excluding hydrogens is 292 g/mol. The van der Waals surface area contributed by atoms with E-state index in [0.717, 1.165) is 37.5 Å². The molecule has 3 rings (SSSR count). The normalized spacial score (nSPS) is 23.9. The van der Waals surface area contributed by atoms with Gasteiger partial charge in [-0.3, -0.25) is 4.79 Å². The van der Waals surface area contributed by atoms with Crippen molar-refractivity contribution in [3.05, 3.63) is 24.3 Å². The maximum Gasteiger partial charge on any atom is 0.228 e. The second kappa shape index (κ2) is 6.40. The van der Waals surface area contributed by atoms with E-state index in [0.29, 0.717) is 13.2 Å². The van der Waals surface area contributed by atoms with Gasteiger partial charge in [-0.25, -0.2) is 0 Å². The molecule has 0 radical (unpaired) electrons. The molecule has 2 aliphatic rings. The van der Waals surface area contributed by atoms with Gasteiger partial charge in [0.15, 0.2) is 0 Å². The van der Waals surface area contributed by atoms with Crippen molar-refractivity contribution < 1.29 is 14.3 Å². The highest BCUT2D eigenvalue weighted by Crippen LogP contribution is 2.35. The number of amides is 1.